The van der Waals surface area contributed by atoms with Gasteiger partial charge in [-0.15, -0.1) is 6.58 Å². The highest BCUT2D eigenvalue weighted by Crippen LogP contribution is 2.10. The van der Waals surface area contributed by atoms with Crippen LogP contribution in [0.3, 0.4) is 0 Å². The molecule has 0 spiro atoms. The maximum atomic E-state index is 3.76. The first-order valence-corrected chi connectivity index (χ1v) is 4.43. The van der Waals surface area contributed by atoms with E-state index in [2.05, 4.69) is 20.4 Å². The Labute approximate surface area is 65.3 Å². The molecule has 0 N–H and O–H groups in total. The third-order valence-electron chi connectivity index (χ3n) is 1.92. The topological polar surface area (TPSA) is 0 Å². The predicted octanol–water partition coefficient (Wildman–Crippen LogP) is 3.78. The molecular formula is C10H20. The zero-order valence-corrected chi connectivity index (χ0v) is 7.40. The van der Waals surface area contributed by atoms with Gasteiger partial charge in [0.15, 0.2) is 0 Å². The van der Waals surface area contributed by atoms with Crippen LogP contribution in [0.2, 0.25) is 0 Å². The summed E-state index contributed by atoms with van der Waals surface area (Å²) < 4.78 is 0. The SMILES string of the molecule is C=C[C@H](C)CCCCCC. The fraction of sp³-hybridized carbons (Fsp3) is 0.800. The lowest BCUT2D eigenvalue weighted by Crippen LogP contribution is -1.88. The summed E-state index contributed by atoms with van der Waals surface area (Å²) in [5.41, 5.74) is 0. The number of unbranched alkanes of at least 4 members (excludes halogenated alkanes) is 3. The van der Waals surface area contributed by atoms with E-state index in [-0.39, 0.29) is 0 Å². The van der Waals surface area contributed by atoms with Crippen molar-refractivity contribution in [3.05, 3.63) is 12.7 Å². The maximum Gasteiger partial charge on any atom is -0.0265 e. The minimum Gasteiger partial charge on any atom is -0.103 e. The van der Waals surface area contributed by atoms with Crippen LogP contribution >= 0.6 is 0 Å². The first kappa shape index (κ1) is 9.74. The molecule has 0 fully saturated rings. The van der Waals surface area contributed by atoms with Crippen molar-refractivity contribution in [2.75, 3.05) is 0 Å². The molecule has 0 aliphatic carbocycles. The van der Waals surface area contributed by atoms with Crippen molar-refractivity contribution in [2.24, 2.45) is 5.92 Å². The number of hydrogen-bond acceptors (Lipinski definition) is 0. The van der Waals surface area contributed by atoms with Crippen molar-refractivity contribution in [1.29, 1.82) is 0 Å². The minimum absolute atomic E-state index is 0.719. The van der Waals surface area contributed by atoms with Crippen LogP contribution < -0.4 is 0 Å². The van der Waals surface area contributed by atoms with E-state index in [1.54, 1.807) is 0 Å². The number of allylic oxidation sites excluding steroid dienone is 1. The Morgan fingerprint density at radius 2 is 2.00 bits per heavy atom. The summed E-state index contributed by atoms with van der Waals surface area (Å²) >= 11 is 0. The third-order valence-corrected chi connectivity index (χ3v) is 1.92. The summed E-state index contributed by atoms with van der Waals surface area (Å²) in [5, 5.41) is 0. The van der Waals surface area contributed by atoms with Gasteiger partial charge in [0.05, 0.1) is 0 Å². The van der Waals surface area contributed by atoms with Gasteiger partial charge in [-0.05, 0) is 12.3 Å². The first-order chi connectivity index (χ1) is 4.81. The Kier molecular flexibility index (Phi) is 6.68. The standard InChI is InChI=1S/C10H20/c1-4-6-7-8-9-10(3)5-2/h5,10H,2,4,6-9H2,1,3H3/t10-/m0/s1. The Morgan fingerprint density at radius 3 is 2.50 bits per heavy atom. The average Bonchev–Trinajstić information content (AvgIpc) is 1.98. The molecule has 0 unspecified atom stereocenters. The molecule has 0 aliphatic heterocycles. The average molecular weight is 140 g/mol. The van der Waals surface area contributed by atoms with Gasteiger partial charge in [0.2, 0.25) is 0 Å². The zero-order chi connectivity index (χ0) is 7.82. The van der Waals surface area contributed by atoms with Crippen LogP contribution in [0.5, 0.6) is 0 Å². The van der Waals surface area contributed by atoms with Gasteiger partial charge in [-0.2, -0.15) is 0 Å². The van der Waals surface area contributed by atoms with E-state index in [4.69, 9.17) is 0 Å². The molecule has 10 heavy (non-hydrogen) atoms. The second kappa shape index (κ2) is 6.85. The van der Waals surface area contributed by atoms with E-state index in [1.807, 2.05) is 6.08 Å². The molecule has 0 heterocycles. The molecule has 1 atom stereocenters. The summed E-state index contributed by atoms with van der Waals surface area (Å²) in [7, 11) is 0. The van der Waals surface area contributed by atoms with Crippen LogP contribution in [0.15, 0.2) is 12.7 Å². The van der Waals surface area contributed by atoms with Crippen molar-refractivity contribution in [3.63, 3.8) is 0 Å². The lowest BCUT2D eigenvalue weighted by atomic mass is 10.0. The van der Waals surface area contributed by atoms with Crippen LogP contribution in [-0.2, 0) is 0 Å². The van der Waals surface area contributed by atoms with E-state index in [0.29, 0.717) is 0 Å². The van der Waals surface area contributed by atoms with Crippen molar-refractivity contribution in [3.8, 4) is 0 Å². The van der Waals surface area contributed by atoms with Crippen molar-refractivity contribution >= 4 is 0 Å². The van der Waals surface area contributed by atoms with Crippen LogP contribution in [0.25, 0.3) is 0 Å². The van der Waals surface area contributed by atoms with E-state index in [1.165, 1.54) is 32.1 Å². The van der Waals surface area contributed by atoms with Crippen molar-refractivity contribution in [1.82, 2.24) is 0 Å². The van der Waals surface area contributed by atoms with Crippen LogP contribution in [-0.4, -0.2) is 0 Å². The van der Waals surface area contributed by atoms with Crippen molar-refractivity contribution in [2.45, 2.75) is 46.0 Å². The Bertz CT molecular complexity index is 74.1. The molecule has 0 rings (SSSR count). The second-order valence-electron chi connectivity index (χ2n) is 3.06. The van der Waals surface area contributed by atoms with E-state index in [9.17, 15) is 0 Å². The van der Waals surface area contributed by atoms with Gasteiger partial charge in [0.1, 0.15) is 0 Å². The largest absolute Gasteiger partial charge is 0.103 e. The fourth-order valence-electron chi connectivity index (χ4n) is 1.01. The summed E-state index contributed by atoms with van der Waals surface area (Å²) in [6.07, 6.45) is 8.87. The van der Waals surface area contributed by atoms with Gasteiger partial charge in [0, 0.05) is 0 Å². The first-order valence-electron chi connectivity index (χ1n) is 4.43. The molecule has 0 radical (unpaired) electrons. The lowest BCUT2D eigenvalue weighted by Gasteiger charge is -2.03. The van der Waals surface area contributed by atoms with E-state index in [0.717, 1.165) is 5.92 Å². The molecule has 0 heteroatoms. The molecule has 60 valence electrons. The van der Waals surface area contributed by atoms with E-state index < -0.39 is 0 Å². The molecule has 0 aliphatic rings. The quantitative estimate of drug-likeness (QED) is 0.389. The molecule has 0 saturated carbocycles. The molecule has 0 aromatic heterocycles. The van der Waals surface area contributed by atoms with Gasteiger partial charge >= 0.3 is 0 Å². The highest BCUT2D eigenvalue weighted by molar-refractivity contribution is 4.74. The molecule has 0 aromatic carbocycles. The van der Waals surface area contributed by atoms with Crippen molar-refractivity contribution < 1.29 is 0 Å². The minimum atomic E-state index is 0.719. The predicted molar refractivity (Wildman–Crippen MR) is 48.1 cm³/mol. The smallest absolute Gasteiger partial charge is 0.0265 e. The molecule has 0 nitrogen and oxygen atoms in total. The molecule has 0 saturated heterocycles. The van der Waals surface area contributed by atoms with Gasteiger partial charge in [0.25, 0.3) is 0 Å². The summed E-state index contributed by atoms with van der Waals surface area (Å²) in [4.78, 5) is 0. The molecule has 0 bridgehead atoms. The Hall–Kier alpha value is -0.260. The second-order valence-corrected chi connectivity index (χ2v) is 3.06. The molecule has 0 amide bonds. The molecule has 0 aromatic rings. The maximum absolute atomic E-state index is 3.76. The van der Waals surface area contributed by atoms with Crippen LogP contribution in [0.1, 0.15) is 46.0 Å². The van der Waals surface area contributed by atoms with Crippen LogP contribution in [0, 0.1) is 5.92 Å². The third kappa shape index (κ3) is 5.87. The van der Waals surface area contributed by atoms with Gasteiger partial charge < -0.3 is 0 Å². The Balaban J connectivity index is 2.95. The summed E-state index contributed by atoms with van der Waals surface area (Å²) in [6.45, 7) is 8.24. The van der Waals surface area contributed by atoms with Gasteiger partial charge in [-0.1, -0.05) is 45.6 Å². The van der Waals surface area contributed by atoms with Gasteiger partial charge in [-0.3, -0.25) is 0 Å². The van der Waals surface area contributed by atoms with E-state index >= 15 is 0 Å². The zero-order valence-electron chi connectivity index (χ0n) is 7.40. The molecular weight excluding hydrogens is 120 g/mol. The monoisotopic (exact) mass is 140 g/mol. The number of hydrogen-bond donors (Lipinski definition) is 0. The normalized spacial score (nSPS) is 13.0. The number of rotatable bonds is 6. The highest BCUT2D eigenvalue weighted by Gasteiger charge is 1.94. The van der Waals surface area contributed by atoms with Gasteiger partial charge in [-0.25, -0.2) is 0 Å². The summed E-state index contributed by atoms with van der Waals surface area (Å²) in [5.74, 6) is 0.719. The highest BCUT2D eigenvalue weighted by atomic mass is 14.0. The summed E-state index contributed by atoms with van der Waals surface area (Å²) in [6, 6.07) is 0. The van der Waals surface area contributed by atoms with Crippen LogP contribution in [0.4, 0.5) is 0 Å². The Morgan fingerprint density at radius 1 is 1.30 bits per heavy atom. The fourth-order valence-corrected chi connectivity index (χ4v) is 1.01. The lowest BCUT2D eigenvalue weighted by molar-refractivity contribution is 0.562.